The maximum atomic E-state index is 13.2. The van der Waals surface area contributed by atoms with Gasteiger partial charge in [-0.2, -0.15) is 0 Å². The van der Waals surface area contributed by atoms with Crippen molar-refractivity contribution in [3.05, 3.63) is 39.7 Å². The van der Waals surface area contributed by atoms with Crippen LogP contribution in [0.3, 0.4) is 0 Å². The Morgan fingerprint density at radius 3 is 2.45 bits per heavy atom. The molecule has 1 amide bonds. The first-order valence-corrected chi connectivity index (χ1v) is 5.71. The molecule has 8 heteroatoms. The Kier molecular flexibility index (Phi) is 4.73. The second-order valence-corrected chi connectivity index (χ2v) is 4.34. The van der Waals surface area contributed by atoms with E-state index in [0.717, 1.165) is 12.1 Å². The molecule has 2 atom stereocenters. The molecule has 0 aromatic heterocycles. The number of halogens is 1. The number of nitro groups is 1. The Balaban J connectivity index is 2.93. The minimum atomic E-state index is -1.09. The summed E-state index contributed by atoms with van der Waals surface area (Å²) < 4.78 is 13.2. The Hall–Kier alpha value is -2.51. The first-order chi connectivity index (χ1) is 9.22. The van der Waals surface area contributed by atoms with E-state index < -0.39 is 40.3 Å². The number of carbonyl (C=O) groups is 2. The zero-order chi connectivity index (χ0) is 15.4. The number of carboxylic acid groups (broad SMARTS) is 1. The van der Waals surface area contributed by atoms with Gasteiger partial charge in [-0.1, -0.05) is 0 Å². The highest BCUT2D eigenvalue weighted by atomic mass is 19.1. The molecule has 0 saturated carbocycles. The van der Waals surface area contributed by atoms with Crippen molar-refractivity contribution in [1.82, 2.24) is 5.32 Å². The van der Waals surface area contributed by atoms with Gasteiger partial charge in [0.05, 0.1) is 16.9 Å². The van der Waals surface area contributed by atoms with E-state index in [1.165, 1.54) is 13.8 Å². The highest BCUT2D eigenvalue weighted by Gasteiger charge is 2.22. The van der Waals surface area contributed by atoms with Crippen LogP contribution in [-0.2, 0) is 4.79 Å². The van der Waals surface area contributed by atoms with Crippen LogP contribution in [0.15, 0.2) is 18.2 Å². The number of nitrogens with one attached hydrogen (secondary N) is 1. The van der Waals surface area contributed by atoms with Gasteiger partial charge in [0.2, 0.25) is 0 Å². The molecule has 0 fully saturated rings. The third kappa shape index (κ3) is 3.74. The molecule has 1 aromatic rings. The first-order valence-electron chi connectivity index (χ1n) is 5.71. The molecule has 0 spiro atoms. The number of rotatable bonds is 5. The molecule has 7 nitrogen and oxygen atoms in total. The Morgan fingerprint density at radius 1 is 1.35 bits per heavy atom. The number of aliphatic carboxylic acids is 1. The van der Waals surface area contributed by atoms with Crippen molar-refractivity contribution in [2.75, 3.05) is 0 Å². The van der Waals surface area contributed by atoms with Crippen LogP contribution >= 0.6 is 0 Å². The standard InChI is InChI=1S/C12H13FN2O5/c1-6(12(17)18)7(2)14-11(16)8-3-9(13)5-10(4-8)15(19)20/h3-7H,1-2H3,(H,14,16)(H,17,18). The molecule has 0 saturated heterocycles. The molecule has 1 aromatic carbocycles. The summed E-state index contributed by atoms with van der Waals surface area (Å²) in [4.78, 5) is 32.3. The number of nitro benzene ring substituents is 1. The fourth-order valence-corrected chi connectivity index (χ4v) is 1.44. The minimum absolute atomic E-state index is 0.235. The first kappa shape index (κ1) is 15.5. The number of carbonyl (C=O) groups excluding carboxylic acids is 1. The van der Waals surface area contributed by atoms with Gasteiger partial charge in [0.1, 0.15) is 5.82 Å². The number of amides is 1. The number of non-ortho nitro benzene ring substituents is 1. The normalized spacial score (nSPS) is 13.3. The van der Waals surface area contributed by atoms with Crippen molar-refractivity contribution < 1.29 is 24.0 Å². The molecule has 0 heterocycles. The van der Waals surface area contributed by atoms with Crippen molar-refractivity contribution >= 4 is 17.6 Å². The SMILES string of the molecule is CC(NC(=O)c1cc(F)cc([N+](=O)[O-])c1)C(C)C(=O)O. The molecule has 108 valence electrons. The number of carboxylic acids is 1. The molecule has 1 rings (SSSR count). The van der Waals surface area contributed by atoms with E-state index in [4.69, 9.17) is 5.11 Å². The minimum Gasteiger partial charge on any atom is -0.481 e. The number of hydrogen-bond donors (Lipinski definition) is 2. The molecular formula is C12H13FN2O5. The van der Waals surface area contributed by atoms with Crippen molar-refractivity contribution in [3.8, 4) is 0 Å². The highest BCUT2D eigenvalue weighted by molar-refractivity contribution is 5.95. The summed E-state index contributed by atoms with van der Waals surface area (Å²) in [6.07, 6.45) is 0. The maximum Gasteiger partial charge on any atom is 0.308 e. The predicted octanol–water partition coefficient (Wildman–Crippen LogP) is 1.57. The van der Waals surface area contributed by atoms with Crippen molar-refractivity contribution in [3.63, 3.8) is 0 Å². The smallest absolute Gasteiger partial charge is 0.308 e. The third-order valence-electron chi connectivity index (χ3n) is 2.85. The van der Waals surface area contributed by atoms with Crippen molar-refractivity contribution in [1.29, 1.82) is 0 Å². The van der Waals surface area contributed by atoms with E-state index in [-0.39, 0.29) is 5.56 Å². The molecule has 2 unspecified atom stereocenters. The largest absolute Gasteiger partial charge is 0.481 e. The molecule has 0 radical (unpaired) electrons. The lowest BCUT2D eigenvalue weighted by atomic mass is 10.0. The monoisotopic (exact) mass is 284 g/mol. The zero-order valence-corrected chi connectivity index (χ0v) is 10.8. The number of hydrogen-bond acceptors (Lipinski definition) is 4. The topological polar surface area (TPSA) is 110 Å². The summed E-state index contributed by atoms with van der Waals surface area (Å²) in [6, 6.07) is 1.76. The fourth-order valence-electron chi connectivity index (χ4n) is 1.44. The summed E-state index contributed by atoms with van der Waals surface area (Å²) >= 11 is 0. The van der Waals surface area contributed by atoms with Crippen LogP contribution in [0.2, 0.25) is 0 Å². The van der Waals surface area contributed by atoms with Gasteiger partial charge in [-0.3, -0.25) is 19.7 Å². The van der Waals surface area contributed by atoms with Crippen molar-refractivity contribution in [2.45, 2.75) is 19.9 Å². The van der Waals surface area contributed by atoms with Crippen LogP contribution in [0.25, 0.3) is 0 Å². The van der Waals surface area contributed by atoms with E-state index in [9.17, 15) is 24.1 Å². The van der Waals surface area contributed by atoms with Crippen molar-refractivity contribution in [2.24, 2.45) is 5.92 Å². The molecular weight excluding hydrogens is 271 g/mol. The summed E-state index contributed by atoms with van der Waals surface area (Å²) in [5.74, 6) is -3.62. The van der Waals surface area contributed by atoms with Gasteiger partial charge in [-0.15, -0.1) is 0 Å². The van der Waals surface area contributed by atoms with E-state index in [0.29, 0.717) is 6.07 Å². The lowest BCUT2D eigenvalue weighted by Crippen LogP contribution is -2.40. The van der Waals surface area contributed by atoms with Crippen LogP contribution in [0.5, 0.6) is 0 Å². The summed E-state index contributed by atoms with van der Waals surface area (Å²) in [6.45, 7) is 2.88. The second-order valence-electron chi connectivity index (χ2n) is 4.34. The highest BCUT2D eigenvalue weighted by Crippen LogP contribution is 2.16. The quantitative estimate of drug-likeness (QED) is 0.630. The van der Waals surface area contributed by atoms with E-state index in [1.54, 1.807) is 0 Å². The Bertz CT molecular complexity index is 561. The second kappa shape index (κ2) is 6.09. The number of benzene rings is 1. The summed E-state index contributed by atoms with van der Waals surface area (Å²) in [5.41, 5.74) is -0.782. The van der Waals surface area contributed by atoms with Gasteiger partial charge in [-0.05, 0) is 19.9 Å². The number of nitrogens with zero attached hydrogens (tertiary/aromatic N) is 1. The molecule has 2 N–H and O–H groups in total. The molecule has 0 aliphatic rings. The molecule has 0 bridgehead atoms. The molecule has 20 heavy (non-hydrogen) atoms. The Morgan fingerprint density at radius 2 is 1.95 bits per heavy atom. The van der Waals surface area contributed by atoms with Gasteiger partial charge in [0.25, 0.3) is 11.6 Å². The van der Waals surface area contributed by atoms with E-state index in [2.05, 4.69) is 5.32 Å². The van der Waals surface area contributed by atoms with Crippen LogP contribution in [-0.4, -0.2) is 27.9 Å². The average Bonchev–Trinajstić information content (AvgIpc) is 2.36. The summed E-state index contributed by atoms with van der Waals surface area (Å²) in [5, 5.41) is 21.7. The predicted molar refractivity (Wildman–Crippen MR) is 66.8 cm³/mol. The Labute approximate surface area is 113 Å². The van der Waals surface area contributed by atoms with Gasteiger partial charge in [0, 0.05) is 17.7 Å². The van der Waals surface area contributed by atoms with Crippen LogP contribution in [0.1, 0.15) is 24.2 Å². The van der Waals surface area contributed by atoms with Crippen LogP contribution < -0.4 is 5.32 Å². The van der Waals surface area contributed by atoms with Gasteiger partial charge in [0.15, 0.2) is 0 Å². The third-order valence-corrected chi connectivity index (χ3v) is 2.85. The lowest BCUT2D eigenvalue weighted by Gasteiger charge is -2.17. The van der Waals surface area contributed by atoms with Crippen LogP contribution in [0.4, 0.5) is 10.1 Å². The maximum absolute atomic E-state index is 13.2. The van der Waals surface area contributed by atoms with Gasteiger partial charge < -0.3 is 10.4 Å². The van der Waals surface area contributed by atoms with E-state index in [1.807, 2.05) is 0 Å². The average molecular weight is 284 g/mol. The zero-order valence-electron chi connectivity index (χ0n) is 10.8. The molecule has 0 aliphatic carbocycles. The molecule has 0 aliphatic heterocycles. The fraction of sp³-hybridized carbons (Fsp3) is 0.333. The lowest BCUT2D eigenvalue weighted by molar-refractivity contribution is -0.385. The van der Waals surface area contributed by atoms with Gasteiger partial charge in [-0.25, -0.2) is 4.39 Å². The van der Waals surface area contributed by atoms with Crippen LogP contribution in [0, 0.1) is 21.8 Å². The van der Waals surface area contributed by atoms with Gasteiger partial charge >= 0.3 is 5.97 Å². The van der Waals surface area contributed by atoms with E-state index >= 15 is 0 Å². The summed E-state index contributed by atoms with van der Waals surface area (Å²) in [7, 11) is 0.